The Bertz CT molecular complexity index is 364. The number of carbonyl (C=O) groups is 3. The summed E-state index contributed by atoms with van der Waals surface area (Å²) in [5.74, 6) is -1.11. The first-order valence-electron chi connectivity index (χ1n) is 6.36. The second-order valence-corrected chi connectivity index (χ2v) is 5.43. The van der Waals surface area contributed by atoms with Crippen molar-refractivity contribution in [2.24, 2.45) is 0 Å². The van der Waals surface area contributed by atoms with E-state index in [9.17, 15) is 14.4 Å². The zero-order valence-electron chi connectivity index (χ0n) is 11.3. The summed E-state index contributed by atoms with van der Waals surface area (Å²) in [4.78, 5) is 33.4. The summed E-state index contributed by atoms with van der Waals surface area (Å²) in [7, 11) is 0. The molecule has 0 atom stereocenters. The fraction of sp³-hybridized carbons (Fsp3) is 0.750. The van der Waals surface area contributed by atoms with E-state index in [0.717, 1.165) is 12.8 Å². The summed E-state index contributed by atoms with van der Waals surface area (Å²) < 4.78 is 0. The Hall–Kier alpha value is -1.79. The van der Waals surface area contributed by atoms with Gasteiger partial charge >= 0.3 is 12.0 Å². The van der Waals surface area contributed by atoms with E-state index in [-0.39, 0.29) is 24.9 Å². The van der Waals surface area contributed by atoms with Crippen LogP contribution in [0.1, 0.15) is 39.5 Å². The normalized spacial score (nSPS) is 14.6. The number of rotatable bonds is 7. The molecule has 1 aliphatic carbocycles. The van der Waals surface area contributed by atoms with Crippen LogP contribution in [0.3, 0.4) is 0 Å². The maximum Gasteiger partial charge on any atom is 0.315 e. The minimum absolute atomic E-state index is 0.0184. The second kappa shape index (κ2) is 6.40. The first kappa shape index (κ1) is 15.3. The fourth-order valence-corrected chi connectivity index (χ4v) is 1.50. The Morgan fingerprint density at radius 3 is 2.42 bits per heavy atom. The molecule has 0 bridgehead atoms. The number of hydrogen-bond donors (Lipinski definition) is 4. The minimum Gasteiger partial charge on any atom is -0.481 e. The molecule has 0 aromatic rings. The van der Waals surface area contributed by atoms with E-state index in [1.807, 2.05) is 0 Å². The lowest BCUT2D eigenvalue weighted by atomic mass is 9.99. The molecule has 0 aliphatic heterocycles. The van der Waals surface area contributed by atoms with Crippen molar-refractivity contribution in [2.45, 2.75) is 51.1 Å². The SMILES string of the molecule is CC(C)(CCC(=O)O)NC(=O)NCC(=O)NC1CC1. The standard InChI is InChI=1S/C12H21N3O4/c1-12(2,6-5-10(17)18)15-11(19)13-7-9(16)14-8-3-4-8/h8H,3-7H2,1-2H3,(H,14,16)(H,17,18)(H2,13,15,19). The fourth-order valence-electron chi connectivity index (χ4n) is 1.50. The summed E-state index contributed by atoms with van der Waals surface area (Å²) in [6.45, 7) is 3.40. The average Bonchev–Trinajstić information content (AvgIpc) is 3.07. The molecule has 7 heteroatoms. The zero-order chi connectivity index (χ0) is 14.5. The molecule has 0 spiro atoms. The van der Waals surface area contributed by atoms with E-state index in [1.54, 1.807) is 13.8 Å². The number of carboxylic acids is 1. The van der Waals surface area contributed by atoms with Crippen LogP contribution in [0.4, 0.5) is 4.79 Å². The van der Waals surface area contributed by atoms with Gasteiger partial charge < -0.3 is 21.1 Å². The highest BCUT2D eigenvalue weighted by Crippen LogP contribution is 2.18. The number of carbonyl (C=O) groups excluding carboxylic acids is 2. The van der Waals surface area contributed by atoms with Crippen LogP contribution in [0.25, 0.3) is 0 Å². The third-order valence-corrected chi connectivity index (χ3v) is 2.77. The van der Waals surface area contributed by atoms with E-state index >= 15 is 0 Å². The quantitative estimate of drug-likeness (QED) is 0.530. The van der Waals surface area contributed by atoms with Crippen LogP contribution in [0.2, 0.25) is 0 Å². The molecule has 0 radical (unpaired) electrons. The Kier molecular flexibility index (Phi) is 5.14. The van der Waals surface area contributed by atoms with Gasteiger partial charge in [-0.05, 0) is 33.1 Å². The summed E-state index contributed by atoms with van der Waals surface area (Å²) in [5.41, 5.74) is -0.630. The van der Waals surface area contributed by atoms with Gasteiger partial charge in [0.05, 0.1) is 6.54 Å². The van der Waals surface area contributed by atoms with Crippen molar-refractivity contribution in [1.29, 1.82) is 0 Å². The number of nitrogens with one attached hydrogen (secondary N) is 3. The van der Waals surface area contributed by atoms with Crippen LogP contribution in [0.15, 0.2) is 0 Å². The molecule has 0 unspecified atom stereocenters. The van der Waals surface area contributed by atoms with Gasteiger partial charge in [0.2, 0.25) is 5.91 Å². The van der Waals surface area contributed by atoms with E-state index in [2.05, 4.69) is 16.0 Å². The number of amides is 3. The van der Waals surface area contributed by atoms with Gasteiger partial charge in [-0.25, -0.2) is 4.79 Å². The first-order chi connectivity index (χ1) is 8.78. The van der Waals surface area contributed by atoms with Gasteiger partial charge in [0.15, 0.2) is 0 Å². The minimum atomic E-state index is -0.904. The van der Waals surface area contributed by atoms with Crippen molar-refractivity contribution in [2.75, 3.05) is 6.54 Å². The topological polar surface area (TPSA) is 108 Å². The average molecular weight is 271 g/mol. The second-order valence-electron chi connectivity index (χ2n) is 5.43. The van der Waals surface area contributed by atoms with Gasteiger partial charge in [-0.3, -0.25) is 9.59 Å². The molecule has 4 N–H and O–H groups in total. The van der Waals surface area contributed by atoms with Crippen molar-refractivity contribution in [3.05, 3.63) is 0 Å². The molecule has 3 amide bonds. The molecule has 0 aromatic heterocycles. The van der Waals surface area contributed by atoms with Gasteiger partial charge in [-0.2, -0.15) is 0 Å². The van der Waals surface area contributed by atoms with Crippen molar-refractivity contribution in [1.82, 2.24) is 16.0 Å². The summed E-state index contributed by atoms with van der Waals surface area (Å²) in [6.07, 6.45) is 2.31. The summed E-state index contributed by atoms with van der Waals surface area (Å²) in [6, 6.07) is -0.203. The van der Waals surface area contributed by atoms with Crippen LogP contribution in [0.5, 0.6) is 0 Å². The van der Waals surface area contributed by atoms with Gasteiger partial charge in [-0.1, -0.05) is 0 Å². The van der Waals surface area contributed by atoms with Gasteiger partial charge in [0.1, 0.15) is 0 Å². The van der Waals surface area contributed by atoms with Crippen LogP contribution < -0.4 is 16.0 Å². The van der Waals surface area contributed by atoms with Crippen LogP contribution in [-0.2, 0) is 9.59 Å². The van der Waals surface area contributed by atoms with E-state index < -0.39 is 17.5 Å². The third kappa shape index (κ3) is 7.28. The number of carboxylic acid groups (broad SMARTS) is 1. The Labute approximate surface area is 112 Å². The van der Waals surface area contributed by atoms with Crippen molar-refractivity contribution in [3.63, 3.8) is 0 Å². The predicted octanol–water partition coefficient (Wildman–Crippen LogP) is 0.208. The van der Waals surface area contributed by atoms with E-state index in [0.29, 0.717) is 6.42 Å². The molecule has 1 saturated carbocycles. The maximum absolute atomic E-state index is 11.6. The van der Waals surface area contributed by atoms with Crippen LogP contribution >= 0.6 is 0 Å². The molecule has 1 rings (SSSR count). The third-order valence-electron chi connectivity index (χ3n) is 2.77. The summed E-state index contributed by atoms with van der Waals surface area (Å²) >= 11 is 0. The van der Waals surface area contributed by atoms with E-state index in [4.69, 9.17) is 5.11 Å². The monoisotopic (exact) mass is 271 g/mol. The molecular weight excluding hydrogens is 250 g/mol. The van der Waals surface area contributed by atoms with Gasteiger partial charge in [0, 0.05) is 18.0 Å². The largest absolute Gasteiger partial charge is 0.481 e. The number of aliphatic carboxylic acids is 1. The maximum atomic E-state index is 11.6. The van der Waals surface area contributed by atoms with Gasteiger partial charge in [-0.15, -0.1) is 0 Å². The summed E-state index contributed by atoms with van der Waals surface area (Å²) in [5, 5.41) is 16.4. The molecule has 19 heavy (non-hydrogen) atoms. The molecule has 7 nitrogen and oxygen atoms in total. The lowest BCUT2D eigenvalue weighted by Gasteiger charge is -2.25. The zero-order valence-corrected chi connectivity index (χ0v) is 11.3. The van der Waals surface area contributed by atoms with Gasteiger partial charge in [0.25, 0.3) is 0 Å². The molecule has 1 fully saturated rings. The molecule has 1 aliphatic rings. The number of urea groups is 1. The Balaban J connectivity index is 2.20. The molecular formula is C12H21N3O4. The predicted molar refractivity (Wildman–Crippen MR) is 68.6 cm³/mol. The highest BCUT2D eigenvalue weighted by atomic mass is 16.4. The van der Waals surface area contributed by atoms with Crippen molar-refractivity contribution < 1.29 is 19.5 Å². The number of hydrogen-bond acceptors (Lipinski definition) is 3. The van der Waals surface area contributed by atoms with Crippen LogP contribution in [-0.4, -0.2) is 41.1 Å². The van der Waals surface area contributed by atoms with E-state index in [1.165, 1.54) is 0 Å². The van der Waals surface area contributed by atoms with Crippen molar-refractivity contribution >= 4 is 17.9 Å². The lowest BCUT2D eigenvalue weighted by molar-refractivity contribution is -0.137. The Morgan fingerprint density at radius 1 is 1.26 bits per heavy atom. The Morgan fingerprint density at radius 2 is 1.89 bits per heavy atom. The highest BCUT2D eigenvalue weighted by Gasteiger charge is 2.24. The molecule has 108 valence electrons. The molecule has 0 saturated heterocycles. The lowest BCUT2D eigenvalue weighted by Crippen LogP contribution is -2.50. The molecule has 0 aromatic carbocycles. The van der Waals surface area contributed by atoms with Crippen LogP contribution in [0, 0.1) is 0 Å². The first-order valence-corrected chi connectivity index (χ1v) is 6.36. The smallest absolute Gasteiger partial charge is 0.315 e. The molecule has 0 heterocycles. The van der Waals surface area contributed by atoms with Crippen molar-refractivity contribution in [3.8, 4) is 0 Å². The highest BCUT2D eigenvalue weighted by molar-refractivity contribution is 5.84.